The Morgan fingerprint density at radius 1 is 0.686 bits per heavy atom. The van der Waals surface area contributed by atoms with Gasteiger partial charge in [-0.05, 0) is 62.8 Å². The van der Waals surface area contributed by atoms with Crippen molar-refractivity contribution in [2.75, 3.05) is 13.2 Å². The normalized spacial score (nSPS) is 36.5. The third-order valence-corrected chi connectivity index (χ3v) is 9.70. The van der Waals surface area contributed by atoms with Gasteiger partial charge in [-0.1, -0.05) is 64.5 Å². The lowest BCUT2D eigenvalue weighted by atomic mass is 9.61. The number of alkyl halides is 2. The van der Waals surface area contributed by atoms with Crippen molar-refractivity contribution in [1.29, 1.82) is 0 Å². The predicted molar refractivity (Wildman–Crippen MR) is 134 cm³/mol. The van der Waals surface area contributed by atoms with E-state index >= 15 is 17.6 Å². The number of hydrogen-bond acceptors (Lipinski definition) is 1. The molecule has 0 bridgehead atoms. The Balaban J connectivity index is 1.34. The summed E-state index contributed by atoms with van der Waals surface area (Å²) in [6.07, 6.45) is 18.9. The van der Waals surface area contributed by atoms with Crippen LogP contribution in [0.4, 0.5) is 17.6 Å². The summed E-state index contributed by atoms with van der Waals surface area (Å²) in [6, 6.07) is 0. The second-order valence-electron chi connectivity index (χ2n) is 11.4. The molecule has 0 amide bonds. The first-order valence-electron chi connectivity index (χ1n) is 13.8. The van der Waals surface area contributed by atoms with Gasteiger partial charge in [-0.15, -0.1) is 0 Å². The van der Waals surface area contributed by atoms with E-state index in [4.69, 9.17) is 4.74 Å². The van der Waals surface area contributed by atoms with Crippen LogP contribution in [0.2, 0.25) is 0 Å². The molecule has 0 saturated heterocycles. The topological polar surface area (TPSA) is 9.23 Å². The zero-order valence-electron chi connectivity index (χ0n) is 21.4. The lowest BCUT2D eigenvalue weighted by Gasteiger charge is -2.46. The standard InChI is InChI=1S/C30H42F4O/c1-3-27(13-7-5-8-14-27)29(33)17-11-23(19-25(29)31)21-35-22-24-12-18-30(34,26(32)20-24)28(4-2)15-9-6-10-16-28/h11-12,17-20,23-24H,3-10,13-16,21-22H2,1-2H3/t23-,24-,29-,30-/m1/s1. The summed E-state index contributed by atoms with van der Waals surface area (Å²) in [4.78, 5) is 0. The van der Waals surface area contributed by atoms with E-state index in [-0.39, 0.29) is 25.0 Å². The van der Waals surface area contributed by atoms with E-state index in [1.165, 1.54) is 24.3 Å². The van der Waals surface area contributed by atoms with Crippen molar-refractivity contribution in [2.45, 2.75) is 102 Å². The molecular weight excluding hydrogens is 452 g/mol. The SMILES string of the molecule is CCC1([C@@]2(F)C=C[C@@H](COC[C@@H]3C=C[C@](F)(C4(CC)CCCCC4)C(F)=C3)C=C2F)CCCCC1. The minimum atomic E-state index is -2.05. The van der Waals surface area contributed by atoms with Crippen molar-refractivity contribution < 1.29 is 22.3 Å². The molecule has 5 heteroatoms. The van der Waals surface area contributed by atoms with Gasteiger partial charge in [-0.3, -0.25) is 0 Å². The maximum atomic E-state index is 16.0. The predicted octanol–water partition coefficient (Wildman–Crippen LogP) is 9.22. The van der Waals surface area contributed by atoms with Crippen LogP contribution >= 0.6 is 0 Å². The molecular formula is C30H42F4O. The minimum Gasteiger partial charge on any atom is -0.380 e. The van der Waals surface area contributed by atoms with E-state index in [0.29, 0.717) is 38.5 Å². The summed E-state index contributed by atoms with van der Waals surface area (Å²) in [5.74, 6) is -2.16. The summed E-state index contributed by atoms with van der Waals surface area (Å²) in [6.45, 7) is 4.27. The third kappa shape index (κ3) is 4.71. The molecule has 196 valence electrons. The molecule has 0 unspecified atom stereocenters. The highest BCUT2D eigenvalue weighted by Gasteiger charge is 2.55. The minimum absolute atomic E-state index is 0.179. The van der Waals surface area contributed by atoms with Gasteiger partial charge < -0.3 is 4.74 Å². The largest absolute Gasteiger partial charge is 0.380 e. The van der Waals surface area contributed by atoms with E-state index in [2.05, 4.69) is 0 Å². The Kier molecular flexibility index (Phi) is 8.05. The Morgan fingerprint density at radius 2 is 1.06 bits per heavy atom. The van der Waals surface area contributed by atoms with E-state index < -0.39 is 33.8 Å². The average molecular weight is 495 g/mol. The summed E-state index contributed by atoms with van der Waals surface area (Å²) in [7, 11) is 0. The fraction of sp³-hybridized carbons (Fsp3) is 0.733. The third-order valence-electron chi connectivity index (χ3n) is 9.70. The van der Waals surface area contributed by atoms with Crippen molar-refractivity contribution in [3.63, 3.8) is 0 Å². The Morgan fingerprint density at radius 3 is 1.37 bits per heavy atom. The molecule has 4 atom stereocenters. The molecule has 4 rings (SSSR count). The van der Waals surface area contributed by atoms with Crippen LogP contribution < -0.4 is 0 Å². The van der Waals surface area contributed by atoms with E-state index in [1.807, 2.05) is 13.8 Å². The molecule has 0 aliphatic heterocycles. The molecule has 2 fully saturated rings. The van der Waals surface area contributed by atoms with Crippen LogP contribution in [0.25, 0.3) is 0 Å². The molecule has 0 aromatic rings. The molecule has 0 spiro atoms. The summed E-state index contributed by atoms with van der Waals surface area (Å²) >= 11 is 0. The van der Waals surface area contributed by atoms with Gasteiger partial charge in [-0.25, -0.2) is 17.6 Å². The maximum Gasteiger partial charge on any atom is 0.185 e. The number of rotatable bonds is 8. The van der Waals surface area contributed by atoms with Crippen molar-refractivity contribution in [1.82, 2.24) is 0 Å². The Labute approximate surface area is 208 Å². The van der Waals surface area contributed by atoms with Gasteiger partial charge in [0.05, 0.1) is 13.2 Å². The van der Waals surface area contributed by atoms with Crippen LogP contribution in [0, 0.1) is 22.7 Å². The summed E-state index contributed by atoms with van der Waals surface area (Å²) in [5.41, 5.74) is -5.43. The molecule has 0 N–H and O–H groups in total. The zero-order valence-corrected chi connectivity index (χ0v) is 21.4. The molecule has 2 saturated carbocycles. The van der Waals surface area contributed by atoms with E-state index in [0.717, 1.165) is 38.5 Å². The lowest BCUT2D eigenvalue weighted by Crippen LogP contribution is -2.46. The van der Waals surface area contributed by atoms with Crippen LogP contribution in [0.15, 0.2) is 48.1 Å². The number of allylic oxidation sites excluding steroid dienone is 4. The number of ether oxygens (including phenoxy) is 1. The monoisotopic (exact) mass is 494 g/mol. The second-order valence-corrected chi connectivity index (χ2v) is 11.4. The molecule has 0 aromatic carbocycles. The molecule has 35 heavy (non-hydrogen) atoms. The van der Waals surface area contributed by atoms with E-state index in [9.17, 15) is 0 Å². The molecule has 0 aromatic heterocycles. The molecule has 1 nitrogen and oxygen atoms in total. The lowest BCUT2D eigenvalue weighted by molar-refractivity contribution is 0.00240. The van der Waals surface area contributed by atoms with Crippen LogP contribution in [0.1, 0.15) is 90.9 Å². The maximum absolute atomic E-state index is 16.0. The summed E-state index contributed by atoms with van der Waals surface area (Å²) < 4.78 is 67.9. The van der Waals surface area contributed by atoms with Gasteiger partial charge in [0, 0.05) is 22.7 Å². The van der Waals surface area contributed by atoms with E-state index in [1.54, 1.807) is 12.2 Å². The quantitative estimate of drug-likeness (QED) is 0.241. The van der Waals surface area contributed by atoms with Gasteiger partial charge in [-0.2, -0.15) is 0 Å². The Bertz CT molecular complexity index is 792. The molecule has 0 heterocycles. The van der Waals surface area contributed by atoms with Crippen molar-refractivity contribution in [3.8, 4) is 0 Å². The van der Waals surface area contributed by atoms with Gasteiger partial charge in [0.2, 0.25) is 0 Å². The second kappa shape index (κ2) is 10.6. The first kappa shape index (κ1) is 26.7. The number of halogens is 4. The molecule has 0 radical (unpaired) electrons. The summed E-state index contributed by atoms with van der Waals surface area (Å²) in [5, 5.41) is 0. The highest BCUT2D eigenvalue weighted by Crippen LogP contribution is 2.56. The van der Waals surface area contributed by atoms with Crippen molar-refractivity contribution in [2.24, 2.45) is 22.7 Å². The average Bonchev–Trinajstić information content (AvgIpc) is 2.89. The van der Waals surface area contributed by atoms with Crippen LogP contribution in [0.3, 0.4) is 0 Å². The molecule has 4 aliphatic rings. The van der Waals surface area contributed by atoms with Crippen molar-refractivity contribution >= 4 is 0 Å². The number of hydrogen-bond donors (Lipinski definition) is 0. The van der Waals surface area contributed by atoms with Gasteiger partial charge in [0.25, 0.3) is 0 Å². The first-order chi connectivity index (χ1) is 16.7. The van der Waals surface area contributed by atoms with Crippen molar-refractivity contribution in [3.05, 3.63) is 48.1 Å². The highest BCUT2D eigenvalue weighted by molar-refractivity contribution is 5.33. The van der Waals surface area contributed by atoms with Crippen LogP contribution in [-0.2, 0) is 4.74 Å². The van der Waals surface area contributed by atoms with Gasteiger partial charge in [0.1, 0.15) is 11.7 Å². The van der Waals surface area contributed by atoms with Crippen LogP contribution in [-0.4, -0.2) is 24.6 Å². The van der Waals surface area contributed by atoms with Gasteiger partial charge >= 0.3 is 0 Å². The highest BCUT2D eigenvalue weighted by atomic mass is 19.2. The first-order valence-corrected chi connectivity index (χ1v) is 13.8. The zero-order chi connectivity index (χ0) is 25.2. The molecule has 4 aliphatic carbocycles. The fourth-order valence-electron chi connectivity index (χ4n) is 7.22. The smallest absolute Gasteiger partial charge is 0.185 e. The Hall–Kier alpha value is -1.36. The fourth-order valence-corrected chi connectivity index (χ4v) is 7.22. The van der Waals surface area contributed by atoms with Crippen LogP contribution in [0.5, 0.6) is 0 Å². The van der Waals surface area contributed by atoms with Gasteiger partial charge in [0.15, 0.2) is 11.3 Å².